The molecule has 0 N–H and O–H groups in total. The van der Waals surface area contributed by atoms with Crippen LogP contribution in [0.25, 0.3) is 0 Å². The molecule has 1 heterocycles. The van der Waals surface area contributed by atoms with Crippen molar-refractivity contribution in [1.82, 2.24) is 4.90 Å². The predicted molar refractivity (Wildman–Crippen MR) is 102 cm³/mol. The first-order chi connectivity index (χ1) is 12.2. The Morgan fingerprint density at radius 3 is 2.76 bits per heavy atom. The third-order valence-electron chi connectivity index (χ3n) is 4.46. The zero-order valence-corrected chi connectivity index (χ0v) is 15.5. The lowest BCUT2D eigenvalue weighted by molar-refractivity contribution is -0.0505. The van der Waals surface area contributed by atoms with Crippen LogP contribution in [-0.4, -0.2) is 37.3 Å². The molecular formula is C21H26ClNO2. The van der Waals surface area contributed by atoms with Gasteiger partial charge in [0.25, 0.3) is 0 Å². The second-order valence-electron chi connectivity index (χ2n) is 6.52. The standard InChI is InChI=1S/C21H26ClNO2/c1-2-5-18-6-3-4-7-21(18)25-16-20-15-23(12-13-24-20)14-17-8-10-19(22)11-9-17/h3-4,6-11,20H,2,5,12-16H2,1H3. The molecule has 2 aromatic rings. The fourth-order valence-corrected chi connectivity index (χ4v) is 3.30. The largest absolute Gasteiger partial charge is 0.491 e. The van der Waals surface area contributed by atoms with Gasteiger partial charge in [-0.1, -0.05) is 55.3 Å². The molecule has 2 aromatic carbocycles. The quantitative estimate of drug-likeness (QED) is 0.722. The maximum absolute atomic E-state index is 6.07. The van der Waals surface area contributed by atoms with Crippen molar-refractivity contribution in [3.8, 4) is 5.75 Å². The number of benzene rings is 2. The fourth-order valence-electron chi connectivity index (χ4n) is 3.18. The summed E-state index contributed by atoms with van der Waals surface area (Å²) in [5, 5.41) is 0.780. The van der Waals surface area contributed by atoms with Gasteiger partial charge < -0.3 is 9.47 Å². The highest BCUT2D eigenvalue weighted by molar-refractivity contribution is 6.30. The van der Waals surface area contributed by atoms with Crippen LogP contribution in [0.3, 0.4) is 0 Å². The molecule has 1 aliphatic heterocycles. The second-order valence-corrected chi connectivity index (χ2v) is 6.96. The highest BCUT2D eigenvalue weighted by Crippen LogP contribution is 2.21. The summed E-state index contributed by atoms with van der Waals surface area (Å²) in [7, 11) is 0. The highest BCUT2D eigenvalue weighted by atomic mass is 35.5. The molecule has 0 spiro atoms. The first-order valence-electron chi connectivity index (χ1n) is 9.03. The van der Waals surface area contributed by atoms with Crippen LogP contribution in [0.5, 0.6) is 5.75 Å². The molecule has 0 saturated carbocycles. The van der Waals surface area contributed by atoms with Crippen molar-refractivity contribution in [1.29, 1.82) is 0 Å². The molecule has 1 unspecified atom stereocenters. The normalized spacial score (nSPS) is 18.2. The van der Waals surface area contributed by atoms with Gasteiger partial charge in [-0.2, -0.15) is 0 Å². The Bertz CT molecular complexity index is 659. The van der Waals surface area contributed by atoms with Crippen LogP contribution < -0.4 is 4.74 Å². The number of rotatable bonds is 7. The predicted octanol–water partition coefficient (Wildman–Crippen LogP) is 4.57. The van der Waals surface area contributed by atoms with Crippen molar-refractivity contribution < 1.29 is 9.47 Å². The number of hydrogen-bond acceptors (Lipinski definition) is 3. The van der Waals surface area contributed by atoms with E-state index in [4.69, 9.17) is 21.1 Å². The molecule has 4 heteroatoms. The molecule has 1 saturated heterocycles. The van der Waals surface area contributed by atoms with Crippen molar-refractivity contribution in [2.24, 2.45) is 0 Å². The lowest BCUT2D eigenvalue weighted by Gasteiger charge is -2.33. The Balaban J connectivity index is 1.52. The van der Waals surface area contributed by atoms with Gasteiger partial charge in [0, 0.05) is 24.7 Å². The van der Waals surface area contributed by atoms with E-state index < -0.39 is 0 Å². The Morgan fingerprint density at radius 1 is 1.16 bits per heavy atom. The molecule has 1 atom stereocenters. The van der Waals surface area contributed by atoms with Crippen molar-refractivity contribution in [2.45, 2.75) is 32.4 Å². The maximum Gasteiger partial charge on any atom is 0.122 e. The van der Waals surface area contributed by atoms with Gasteiger partial charge in [-0.15, -0.1) is 0 Å². The minimum atomic E-state index is 0.107. The fraction of sp³-hybridized carbons (Fsp3) is 0.429. The number of para-hydroxylation sites is 1. The summed E-state index contributed by atoms with van der Waals surface area (Å²) < 4.78 is 12.0. The average Bonchev–Trinajstić information content (AvgIpc) is 2.64. The van der Waals surface area contributed by atoms with Gasteiger partial charge in [-0.05, 0) is 35.7 Å². The Kier molecular flexibility index (Phi) is 6.74. The molecule has 3 rings (SSSR count). The molecule has 1 aliphatic rings. The van der Waals surface area contributed by atoms with Crippen molar-refractivity contribution in [2.75, 3.05) is 26.3 Å². The van der Waals surface area contributed by atoms with Crippen LogP contribution in [0, 0.1) is 0 Å². The van der Waals surface area contributed by atoms with E-state index in [0.29, 0.717) is 6.61 Å². The summed E-state index contributed by atoms with van der Waals surface area (Å²) in [4.78, 5) is 2.42. The van der Waals surface area contributed by atoms with Gasteiger partial charge in [-0.25, -0.2) is 0 Å². The van der Waals surface area contributed by atoms with Gasteiger partial charge in [-0.3, -0.25) is 4.90 Å². The van der Waals surface area contributed by atoms with E-state index in [1.807, 2.05) is 18.2 Å². The third-order valence-corrected chi connectivity index (χ3v) is 4.71. The van der Waals surface area contributed by atoms with E-state index in [2.05, 4.69) is 42.2 Å². The molecule has 134 valence electrons. The number of aryl methyl sites for hydroxylation is 1. The smallest absolute Gasteiger partial charge is 0.122 e. The summed E-state index contributed by atoms with van der Waals surface area (Å²) in [6, 6.07) is 16.4. The Morgan fingerprint density at radius 2 is 1.96 bits per heavy atom. The van der Waals surface area contributed by atoms with Crippen LogP contribution in [0.4, 0.5) is 0 Å². The van der Waals surface area contributed by atoms with Crippen LogP contribution in [0.2, 0.25) is 5.02 Å². The SMILES string of the molecule is CCCc1ccccc1OCC1CN(Cc2ccc(Cl)cc2)CCO1. The van der Waals surface area contributed by atoms with Gasteiger partial charge in [0.1, 0.15) is 18.5 Å². The zero-order valence-electron chi connectivity index (χ0n) is 14.8. The minimum absolute atomic E-state index is 0.107. The zero-order chi connectivity index (χ0) is 17.5. The summed E-state index contributed by atoms with van der Waals surface area (Å²) in [5.41, 5.74) is 2.55. The lowest BCUT2D eigenvalue weighted by atomic mass is 10.1. The van der Waals surface area contributed by atoms with Crippen LogP contribution in [0.1, 0.15) is 24.5 Å². The number of hydrogen-bond donors (Lipinski definition) is 0. The first-order valence-corrected chi connectivity index (χ1v) is 9.41. The lowest BCUT2D eigenvalue weighted by Crippen LogP contribution is -2.44. The molecule has 0 aliphatic carbocycles. The van der Waals surface area contributed by atoms with Gasteiger partial charge in [0.05, 0.1) is 6.61 Å². The molecule has 3 nitrogen and oxygen atoms in total. The summed E-state index contributed by atoms with van der Waals surface area (Å²) in [6.45, 7) is 6.29. The molecule has 25 heavy (non-hydrogen) atoms. The van der Waals surface area contributed by atoms with E-state index in [9.17, 15) is 0 Å². The van der Waals surface area contributed by atoms with E-state index in [-0.39, 0.29) is 6.10 Å². The van der Waals surface area contributed by atoms with Gasteiger partial charge in [0.2, 0.25) is 0 Å². The third kappa shape index (κ3) is 5.46. The van der Waals surface area contributed by atoms with E-state index in [1.165, 1.54) is 11.1 Å². The van der Waals surface area contributed by atoms with E-state index in [0.717, 1.165) is 49.9 Å². The minimum Gasteiger partial charge on any atom is -0.491 e. The molecule has 0 bridgehead atoms. The van der Waals surface area contributed by atoms with Crippen molar-refractivity contribution in [3.63, 3.8) is 0 Å². The van der Waals surface area contributed by atoms with Crippen LogP contribution in [-0.2, 0) is 17.7 Å². The second kappa shape index (κ2) is 9.23. The highest BCUT2D eigenvalue weighted by Gasteiger charge is 2.21. The average molecular weight is 360 g/mol. The molecule has 0 radical (unpaired) electrons. The molecule has 1 fully saturated rings. The summed E-state index contributed by atoms with van der Waals surface area (Å²) in [6.07, 6.45) is 2.27. The van der Waals surface area contributed by atoms with Crippen LogP contribution >= 0.6 is 11.6 Å². The van der Waals surface area contributed by atoms with Gasteiger partial charge in [0.15, 0.2) is 0 Å². The maximum atomic E-state index is 6.07. The van der Waals surface area contributed by atoms with Crippen LogP contribution in [0.15, 0.2) is 48.5 Å². The molecular weight excluding hydrogens is 334 g/mol. The van der Waals surface area contributed by atoms with Crippen molar-refractivity contribution >= 4 is 11.6 Å². The first kappa shape index (κ1) is 18.2. The monoisotopic (exact) mass is 359 g/mol. The number of halogens is 1. The molecule has 0 aromatic heterocycles. The van der Waals surface area contributed by atoms with Crippen molar-refractivity contribution in [3.05, 3.63) is 64.7 Å². The van der Waals surface area contributed by atoms with Gasteiger partial charge >= 0.3 is 0 Å². The number of nitrogens with zero attached hydrogens (tertiary/aromatic N) is 1. The number of morpholine rings is 1. The topological polar surface area (TPSA) is 21.7 Å². The van der Waals surface area contributed by atoms with E-state index >= 15 is 0 Å². The summed E-state index contributed by atoms with van der Waals surface area (Å²) >= 11 is 5.96. The Labute approximate surface area is 155 Å². The number of ether oxygens (including phenoxy) is 2. The molecule has 0 amide bonds. The van der Waals surface area contributed by atoms with E-state index in [1.54, 1.807) is 0 Å². The summed E-state index contributed by atoms with van der Waals surface area (Å²) in [5.74, 6) is 0.989. The Hall–Kier alpha value is -1.55.